The van der Waals surface area contributed by atoms with E-state index in [4.69, 9.17) is 5.73 Å². The van der Waals surface area contributed by atoms with Gasteiger partial charge in [-0.25, -0.2) is 0 Å². The van der Waals surface area contributed by atoms with Crippen LogP contribution in [0, 0.1) is 17.3 Å². The Labute approximate surface area is 134 Å². The molecule has 0 aromatic heterocycles. The highest BCUT2D eigenvalue weighted by molar-refractivity contribution is 7.99. The van der Waals surface area contributed by atoms with Crippen molar-refractivity contribution in [3.05, 3.63) is 0 Å². The van der Waals surface area contributed by atoms with Gasteiger partial charge in [0.1, 0.15) is 0 Å². The Morgan fingerprint density at radius 3 is 2.67 bits per heavy atom. The second-order valence-electron chi connectivity index (χ2n) is 7.44. The maximum Gasteiger partial charge on any atom is 0.223 e. The van der Waals surface area contributed by atoms with Crippen molar-refractivity contribution in [2.75, 3.05) is 5.75 Å². The summed E-state index contributed by atoms with van der Waals surface area (Å²) in [5, 5.41) is 3.99. The highest BCUT2D eigenvalue weighted by Crippen LogP contribution is 2.44. The van der Waals surface area contributed by atoms with Crippen LogP contribution in [0.3, 0.4) is 0 Å². The molecule has 0 radical (unpaired) electrons. The molecular weight excluding hydrogens is 280 g/mol. The summed E-state index contributed by atoms with van der Waals surface area (Å²) in [6.45, 7) is 8.84. The molecule has 2 fully saturated rings. The van der Waals surface area contributed by atoms with Crippen LogP contribution in [0.15, 0.2) is 0 Å². The Morgan fingerprint density at radius 1 is 1.29 bits per heavy atom. The van der Waals surface area contributed by atoms with Crippen molar-refractivity contribution in [3.8, 4) is 0 Å². The number of rotatable bonds is 4. The van der Waals surface area contributed by atoms with E-state index < -0.39 is 0 Å². The molecular formula is C17H32N2OS. The van der Waals surface area contributed by atoms with Gasteiger partial charge in [0.15, 0.2) is 0 Å². The van der Waals surface area contributed by atoms with Gasteiger partial charge in [0, 0.05) is 23.3 Å². The zero-order valence-corrected chi connectivity index (χ0v) is 14.8. The minimum atomic E-state index is -0.00620. The summed E-state index contributed by atoms with van der Waals surface area (Å²) in [7, 11) is 0. The van der Waals surface area contributed by atoms with E-state index in [1.54, 1.807) is 0 Å². The fourth-order valence-electron chi connectivity index (χ4n) is 4.11. The number of amides is 1. The lowest BCUT2D eigenvalue weighted by Crippen LogP contribution is -2.53. The number of thioether (sulfide) groups is 1. The second-order valence-corrected chi connectivity index (χ2v) is 8.96. The van der Waals surface area contributed by atoms with E-state index in [0.29, 0.717) is 17.2 Å². The Hall–Kier alpha value is -0.220. The van der Waals surface area contributed by atoms with Gasteiger partial charge in [0.25, 0.3) is 0 Å². The molecule has 122 valence electrons. The van der Waals surface area contributed by atoms with Gasteiger partial charge < -0.3 is 11.1 Å². The maximum absolute atomic E-state index is 12.8. The van der Waals surface area contributed by atoms with E-state index in [1.165, 1.54) is 12.8 Å². The van der Waals surface area contributed by atoms with Crippen molar-refractivity contribution in [1.29, 1.82) is 0 Å². The normalized spacial score (nSPS) is 39.2. The molecule has 3 N–H and O–H groups in total. The first-order valence-corrected chi connectivity index (χ1v) is 9.60. The quantitative estimate of drug-likeness (QED) is 0.838. The summed E-state index contributed by atoms with van der Waals surface area (Å²) in [4.78, 5) is 12.8. The van der Waals surface area contributed by atoms with Crippen LogP contribution >= 0.6 is 11.8 Å². The minimum Gasteiger partial charge on any atom is -0.352 e. The molecule has 21 heavy (non-hydrogen) atoms. The topological polar surface area (TPSA) is 55.1 Å². The molecule has 0 spiro atoms. The zero-order chi connectivity index (χ0) is 15.6. The fraction of sp³-hybridized carbons (Fsp3) is 0.941. The third-order valence-corrected chi connectivity index (χ3v) is 7.31. The lowest BCUT2D eigenvalue weighted by molar-refractivity contribution is -0.133. The van der Waals surface area contributed by atoms with Gasteiger partial charge in [0.2, 0.25) is 5.91 Å². The summed E-state index contributed by atoms with van der Waals surface area (Å²) in [6, 6.07) is 0.614. The van der Waals surface area contributed by atoms with E-state index in [2.05, 4.69) is 33.0 Å². The first kappa shape index (κ1) is 17.1. The summed E-state index contributed by atoms with van der Waals surface area (Å²) in [5.74, 6) is 1.91. The Bertz CT molecular complexity index is 372. The van der Waals surface area contributed by atoms with Crippen LogP contribution in [0.4, 0.5) is 0 Å². The second kappa shape index (κ2) is 6.91. The molecule has 2 aliphatic rings. The Balaban J connectivity index is 1.99. The van der Waals surface area contributed by atoms with Gasteiger partial charge in [-0.1, -0.05) is 34.1 Å². The molecule has 5 atom stereocenters. The minimum absolute atomic E-state index is 0.00620. The van der Waals surface area contributed by atoms with Crippen molar-refractivity contribution in [2.45, 2.75) is 77.1 Å². The summed E-state index contributed by atoms with van der Waals surface area (Å²) < 4.78 is 0. The highest BCUT2D eigenvalue weighted by Gasteiger charge is 2.45. The molecule has 2 aliphatic carbocycles. The third-order valence-electron chi connectivity index (χ3n) is 5.98. The number of carbonyl (C=O) groups excluding carboxylic acids is 1. The van der Waals surface area contributed by atoms with E-state index in [1.807, 2.05) is 11.8 Å². The molecule has 2 saturated carbocycles. The van der Waals surface area contributed by atoms with E-state index in [9.17, 15) is 4.79 Å². The van der Waals surface area contributed by atoms with Gasteiger partial charge >= 0.3 is 0 Å². The van der Waals surface area contributed by atoms with Crippen LogP contribution in [0.25, 0.3) is 0 Å². The maximum atomic E-state index is 12.8. The van der Waals surface area contributed by atoms with Crippen LogP contribution in [-0.2, 0) is 4.79 Å². The lowest BCUT2D eigenvalue weighted by Gasteiger charge is -2.46. The van der Waals surface area contributed by atoms with Crippen LogP contribution in [0.5, 0.6) is 0 Å². The van der Waals surface area contributed by atoms with E-state index in [0.717, 1.165) is 25.0 Å². The zero-order valence-electron chi connectivity index (χ0n) is 14.0. The number of hydrogen-bond donors (Lipinski definition) is 2. The molecule has 0 aliphatic heterocycles. The van der Waals surface area contributed by atoms with Crippen molar-refractivity contribution in [2.24, 2.45) is 23.0 Å². The summed E-state index contributed by atoms with van der Waals surface area (Å²) >= 11 is 2.00. The third kappa shape index (κ3) is 3.58. The van der Waals surface area contributed by atoms with E-state index in [-0.39, 0.29) is 23.3 Å². The smallest absolute Gasteiger partial charge is 0.223 e. The lowest BCUT2D eigenvalue weighted by atomic mass is 9.61. The van der Waals surface area contributed by atoms with Gasteiger partial charge in [-0.2, -0.15) is 11.8 Å². The van der Waals surface area contributed by atoms with Gasteiger partial charge in [0.05, 0.1) is 0 Å². The Kier molecular flexibility index (Phi) is 5.64. The Morgan fingerprint density at radius 2 is 2.00 bits per heavy atom. The van der Waals surface area contributed by atoms with Crippen molar-refractivity contribution >= 4 is 17.7 Å². The van der Waals surface area contributed by atoms with Crippen molar-refractivity contribution in [1.82, 2.24) is 5.32 Å². The molecule has 0 aromatic rings. The predicted octanol–water partition coefficient (Wildman–Crippen LogP) is 3.18. The molecule has 0 aromatic carbocycles. The van der Waals surface area contributed by atoms with Crippen molar-refractivity contribution < 1.29 is 4.79 Å². The van der Waals surface area contributed by atoms with Crippen LogP contribution in [0.2, 0.25) is 0 Å². The van der Waals surface area contributed by atoms with Crippen LogP contribution in [0.1, 0.15) is 59.8 Å². The molecule has 4 heteroatoms. The molecule has 2 rings (SSSR count). The van der Waals surface area contributed by atoms with Gasteiger partial charge in [-0.3, -0.25) is 4.79 Å². The molecule has 0 bridgehead atoms. The number of carbonyl (C=O) groups is 1. The van der Waals surface area contributed by atoms with E-state index >= 15 is 0 Å². The fourth-order valence-corrected chi connectivity index (χ4v) is 5.31. The molecule has 3 nitrogen and oxygen atoms in total. The summed E-state index contributed by atoms with van der Waals surface area (Å²) in [5.41, 5.74) is 6.20. The van der Waals surface area contributed by atoms with Crippen molar-refractivity contribution in [3.63, 3.8) is 0 Å². The molecule has 1 amide bonds. The molecule has 0 saturated heterocycles. The van der Waals surface area contributed by atoms with Gasteiger partial charge in [-0.15, -0.1) is 0 Å². The number of nitrogens with one attached hydrogen (secondary N) is 1. The first-order chi connectivity index (χ1) is 9.87. The standard InChI is InChI=1S/C17H32N2OS/c1-5-21-15-8-6-7-14(15)19-16(20)12-9-10-13(18)11(2)17(12,3)4/h11-15H,5-10,18H2,1-4H3,(H,19,20). The monoisotopic (exact) mass is 312 g/mol. The summed E-state index contributed by atoms with van der Waals surface area (Å²) in [6.07, 6.45) is 5.55. The SMILES string of the molecule is CCSC1CCCC1NC(=O)C1CCC(N)C(C)C1(C)C. The van der Waals surface area contributed by atoms with Crippen LogP contribution < -0.4 is 11.1 Å². The number of hydrogen-bond acceptors (Lipinski definition) is 3. The largest absolute Gasteiger partial charge is 0.352 e. The highest BCUT2D eigenvalue weighted by atomic mass is 32.2. The predicted molar refractivity (Wildman–Crippen MR) is 91.3 cm³/mol. The van der Waals surface area contributed by atoms with Crippen LogP contribution in [-0.4, -0.2) is 29.0 Å². The van der Waals surface area contributed by atoms with Gasteiger partial charge in [-0.05, 0) is 42.8 Å². The first-order valence-electron chi connectivity index (χ1n) is 8.55. The number of nitrogens with two attached hydrogens (primary N) is 1. The average molecular weight is 313 g/mol. The average Bonchev–Trinajstić information content (AvgIpc) is 2.84. The molecule has 0 heterocycles. The molecule has 5 unspecified atom stereocenters.